The molecule has 0 saturated heterocycles. The Morgan fingerprint density at radius 2 is 1.46 bits per heavy atom. The van der Waals surface area contributed by atoms with Crippen LogP contribution in [0.2, 0.25) is 0 Å². The molecule has 46 heavy (non-hydrogen) atoms. The van der Waals surface area contributed by atoms with E-state index in [1.165, 1.54) is 5.56 Å². The molecule has 8 nitrogen and oxygen atoms in total. The van der Waals surface area contributed by atoms with Gasteiger partial charge in [-0.1, -0.05) is 36.4 Å². The first-order valence-electron chi connectivity index (χ1n) is 16.0. The Morgan fingerprint density at radius 3 is 2.24 bits per heavy atom. The number of amides is 2. The molecule has 0 saturated carbocycles. The van der Waals surface area contributed by atoms with Crippen molar-refractivity contribution in [1.29, 1.82) is 0 Å². The van der Waals surface area contributed by atoms with Gasteiger partial charge in [-0.05, 0) is 78.8 Å². The van der Waals surface area contributed by atoms with Crippen LogP contribution in [0.3, 0.4) is 0 Å². The van der Waals surface area contributed by atoms with E-state index in [1.807, 2.05) is 65.4 Å². The van der Waals surface area contributed by atoms with Crippen LogP contribution in [0.1, 0.15) is 55.8 Å². The molecule has 0 spiro atoms. The third-order valence-corrected chi connectivity index (χ3v) is 9.60. The first-order valence-corrected chi connectivity index (χ1v) is 16.0. The van der Waals surface area contributed by atoms with Crippen LogP contribution in [0.15, 0.2) is 77.8 Å². The summed E-state index contributed by atoms with van der Waals surface area (Å²) in [7, 11) is 1.57. The molecule has 4 aromatic carbocycles. The number of hydrogen-bond donors (Lipinski definition) is 0. The van der Waals surface area contributed by atoms with E-state index in [-0.39, 0.29) is 23.9 Å². The highest BCUT2D eigenvalue weighted by Crippen LogP contribution is 2.42. The van der Waals surface area contributed by atoms with Gasteiger partial charge in [0, 0.05) is 48.1 Å². The van der Waals surface area contributed by atoms with Crippen LogP contribution in [-0.2, 0) is 19.3 Å². The number of para-hydroxylation sites is 2. The average Bonchev–Trinajstić information content (AvgIpc) is 3.56. The van der Waals surface area contributed by atoms with Gasteiger partial charge in [0.15, 0.2) is 11.5 Å². The molecule has 0 aromatic heterocycles. The van der Waals surface area contributed by atoms with Crippen molar-refractivity contribution < 1.29 is 23.8 Å². The van der Waals surface area contributed by atoms with Crippen LogP contribution in [0, 0.1) is 6.92 Å². The van der Waals surface area contributed by atoms with Crippen LogP contribution < -0.4 is 24.0 Å². The minimum absolute atomic E-state index is 0.0800. The Kier molecular flexibility index (Phi) is 7.00. The van der Waals surface area contributed by atoms with E-state index in [2.05, 4.69) is 18.2 Å². The lowest BCUT2D eigenvalue weighted by Crippen LogP contribution is -2.37. The van der Waals surface area contributed by atoms with Crippen LogP contribution in [-0.4, -0.2) is 50.4 Å². The molecule has 0 N–H and O–H groups in total. The molecule has 0 radical (unpaired) electrons. The highest BCUT2D eigenvalue weighted by Gasteiger charge is 2.38. The van der Waals surface area contributed by atoms with Gasteiger partial charge >= 0.3 is 0 Å². The van der Waals surface area contributed by atoms with Crippen LogP contribution in [0.4, 0.5) is 17.1 Å². The summed E-state index contributed by atoms with van der Waals surface area (Å²) in [5, 5.41) is 0. The van der Waals surface area contributed by atoms with Crippen molar-refractivity contribution in [3.05, 3.63) is 106 Å². The van der Waals surface area contributed by atoms with Crippen molar-refractivity contribution in [2.45, 2.75) is 51.1 Å². The molecule has 2 atom stereocenters. The number of hydrogen-bond acceptors (Lipinski definition) is 6. The van der Waals surface area contributed by atoms with Crippen molar-refractivity contribution in [2.75, 3.05) is 30.1 Å². The fourth-order valence-corrected chi connectivity index (χ4v) is 7.32. The monoisotopic (exact) mass is 613 g/mol. The molecule has 0 aliphatic carbocycles. The van der Waals surface area contributed by atoms with Gasteiger partial charge in [-0.2, -0.15) is 0 Å². The van der Waals surface area contributed by atoms with Gasteiger partial charge in [0.1, 0.15) is 5.75 Å². The van der Waals surface area contributed by atoms with Gasteiger partial charge in [-0.15, -0.1) is 0 Å². The standard InChI is InChI=1S/C38H35N3O5/c1-23-16-29-24(12-13-27-17-25-8-3-5-10-32(25)40(27)37(29)42)19-34(23)45-14-7-15-46-36-21-31-30(20-35(36)44-2)38(43)41-28(22-39-31)18-26-9-4-6-11-33(26)41/h3-6,8-11,16,19-22,27-28H,7,12-15,17-18H2,1-2H3/t27-,28+/m1/s1. The number of methoxy groups -OCH3 is 1. The van der Waals surface area contributed by atoms with Gasteiger partial charge in [0.2, 0.25) is 0 Å². The normalized spacial score (nSPS) is 18.9. The van der Waals surface area contributed by atoms with Gasteiger partial charge in [0.05, 0.1) is 37.6 Å². The number of anilines is 2. The number of aryl methyl sites for hydroxylation is 2. The van der Waals surface area contributed by atoms with Crippen LogP contribution in [0.5, 0.6) is 17.2 Å². The lowest BCUT2D eigenvalue weighted by molar-refractivity contribution is 0.0975. The van der Waals surface area contributed by atoms with Gasteiger partial charge in [0.25, 0.3) is 11.8 Å². The lowest BCUT2D eigenvalue weighted by atomic mass is 9.98. The molecule has 8 heteroatoms. The highest BCUT2D eigenvalue weighted by molar-refractivity contribution is 6.15. The number of aliphatic imine (C=N–C) groups is 1. The third-order valence-electron chi connectivity index (χ3n) is 9.60. The Labute approximate surface area is 268 Å². The summed E-state index contributed by atoms with van der Waals surface area (Å²) in [4.78, 5) is 35.9. The second-order valence-corrected chi connectivity index (χ2v) is 12.4. The zero-order valence-corrected chi connectivity index (χ0v) is 26.0. The predicted octanol–water partition coefficient (Wildman–Crippen LogP) is 6.66. The maximum Gasteiger partial charge on any atom is 0.261 e. The largest absolute Gasteiger partial charge is 0.493 e. The molecular weight excluding hydrogens is 578 g/mol. The minimum Gasteiger partial charge on any atom is -0.493 e. The Morgan fingerprint density at radius 1 is 0.761 bits per heavy atom. The lowest BCUT2D eigenvalue weighted by Gasteiger charge is -2.23. The highest BCUT2D eigenvalue weighted by atomic mass is 16.5. The third kappa shape index (κ3) is 4.71. The van der Waals surface area contributed by atoms with Gasteiger partial charge < -0.3 is 19.1 Å². The summed E-state index contributed by atoms with van der Waals surface area (Å²) < 4.78 is 18.0. The van der Waals surface area contributed by atoms with Gasteiger partial charge in [-0.25, -0.2) is 0 Å². The van der Waals surface area contributed by atoms with E-state index in [4.69, 9.17) is 19.2 Å². The van der Waals surface area contributed by atoms with Crippen LogP contribution in [0.25, 0.3) is 0 Å². The van der Waals surface area contributed by atoms with Crippen LogP contribution >= 0.6 is 0 Å². The van der Waals surface area contributed by atoms with E-state index >= 15 is 0 Å². The molecule has 232 valence electrons. The zero-order valence-electron chi connectivity index (χ0n) is 26.0. The van der Waals surface area contributed by atoms with E-state index in [0.717, 1.165) is 65.1 Å². The Bertz CT molecular complexity index is 1920. The molecular formula is C38H35N3O5. The Balaban J connectivity index is 0.926. The molecule has 4 heterocycles. The summed E-state index contributed by atoms with van der Waals surface area (Å²) in [6.07, 6.45) is 5.90. The molecule has 8 rings (SSSR count). The number of ether oxygens (including phenoxy) is 3. The summed E-state index contributed by atoms with van der Waals surface area (Å²) in [5.41, 5.74) is 8.18. The fraction of sp³-hybridized carbons (Fsp3) is 0.289. The summed E-state index contributed by atoms with van der Waals surface area (Å²) >= 11 is 0. The van der Waals surface area contributed by atoms with E-state index in [0.29, 0.717) is 42.4 Å². The van der Waals surface area contributed by atoms with Crippen molar-refractivity contribution in [1.82, 2.24) is 0 Å². The number of benzene rings is 4. The van der Waals surface area contributed by atoms with Crippen molar-refractivity contribution in [3.8, 4) is 17.2 Å². The molecule has 4 aliphatic rings. The smallest absolute Gasteiger partial charge is 0.261 e. The summed E-state index contributed by atoms with van der Waals surface area (Å²) in [6, 6.07) is 23.9. The predicted molar refractivity (Wildman–Crippen MR) is 178 cm³/mol. The molecule has 0 fully saturated rings. The fourth-order valence-electron chi connectivity index (χ4n) is 7.32. The molecule has 2 amide bonds. The van der Waals surface area contributed by atoms with Crippen molar-refractivity contribution in [3.63, 3.8) is 0 Å². The summed E-state index contributed by atoms with van der Waals surface area (Å²) in [5.74, 6) is 1.81. The second-order valence-electron chi connectivity index (χ2n) is 12.4. The topological polar surface area (TPSA) is 80.7 Å². The molecule has 0 bridgehead atoms. The maximum absolute atomic E-state index is 13.7. The number of carbonyl (C=O) groups excluding carboxylic acids is 2. The Hall–Kier alpha value is -5.11. The molecule has 4 aliphatic heterocycles. The maximum atomic E-state index is 13.7. The summed E-state index contributed by atoms with van der Waals surface area (Å²) in [6.45, 7) is 2.84. The number of fused-ring (bicyclic) bond motifs is 8. The first-order chi connectivity index (χ1) is 22.5. The number of carbonyl (C=O) groups is 2. The first kappa shape index (κ1) is 28.4. The molecule has 0 unspecified atom stereocenters. The average molecular weight is 614 g/mol. The van der Waals surface area contributed by atoms with Crippen molar-refractivity contribution in [2.24, 2.45) is 4.99 Å². The van der Waals surface area contributed by atoms with Crippen molar-refractivity contribution >= 4 is 35.1 Å². The number of rotatable bonds is 7. The SMILES string of the molecule is COc1cc2c(cc1OCCCOc1cc3c(cc1C)C(=O)N1c4ccccc4C[C@H]1CC3)N=C[C@@H]1Cc3ccccc3N1C2=O. The van der Waals surface area contributed by atoms with E-state index in [1.54, 1.807) is 19.2 Å². The molecule has 4 aromatic rings. The minimum atomic E-state index is -0.117. The quantitative estimate of drug-likeness (QED) is 0.218. The second kappa shape index (κ2) is 11.4. The zero-order chi connectivity index (χ0) is 31.4. The van der Waals surface area contributed by atoms with E-state index in [9.17, 15) is 9.59 Å². The van der Waals surface area contributed by atoms with Gasteiger partial charge in [-0.3, -0.25) is 19.5 Å². The van der Waals surface area contributed by atoms with E-state index < -0.39 is 0 Å². The number of nitrogens with zero attached hydrogens (tertiary/aromatic N) is 3.